The normalized spacial score (nSPS) is 16.5. The van der Waals surface area contributed by atoms with Crippen LogP contribution in [0.1, 0.15) is 43.9 Å². The second-order valence-electron chi connectivity index (χ2n) is 8.96. The summed E-state index contributed by atoms with van der Waals surface area (Å²) in [4.78, 5) is 14.4. The van der Waals surface area contributed by atoms with Crippen molar-refractivity contribution in [3.8, 4) is 0 Å². The van der Waals surface area contributed by atoms with Crippen LogP contribution in [0.5, 0.6) is 0 Å². The molecule has 1 fully saturated rings. The SMILES string of the molecule is CC(C)(C1CCN(C(=O)NCc2ccccc2)CC1)C(O)c1cc(Cl)cc2cn[nH]c12. The monoisotopic (exact) mass is 440 g/mol. The number of aromatic amines is 1. The molecule has 4 rings (SSSR count). The summed E-state index contributed by atoms with van der Waals surface area (Å²) in [5, 5.41) is 22.9. The van der Waals surface area contributed by atoms with Crippen molar-refractivity contribution in [1.29, 1.82) is 0 Å². The summed E-state index contributed by atoms with van der Waals surface area (Å²) in [6.07, 6.45) is 2.71. The van der Waals surface area contributed by atoms with Crippen molar-refractivity contribution in [3.63, 3.8) is 0 Å². The van der Waals surface area contributed by atoms with Gasteiger partial charge in [0.2, 0.25) is 0 Å². The number of nitrogens with one attached hydrogen (secondary N) is 2. The number of piperidine rings is 1. The van der Waals surface area contributed by atoms with Gasteiger partial charge in [-0.2, -0.15) is 5.10 Å². The molecule has 0 saturated carbocycles. The van der Waals surface area contributed by atoms with Gasteiger partial charge in [0.15, 0.2) is 0 Å². The number of hydrogen-bond donors (Lipinski definition) is 3. The molecule has 1 saturated heterocycles. The Morgan fingerprint density at radius 1 is 1.29 bits per heavy atom. The van der Waals surface area contributed by atoms with Crippen LogP contribution < -0.4 is 5.32 Å². The van der Waals surface area contributed by atoms with Gasteiger partial charge < -0.3 is 15.3 Å². The molecule has 3 aromatic rings. The van der Waals surface area contributed by atoms with E-state index in [1.807, 2.05) is 47.4 Å². The molecule has 2 amide bonds. The molecule has 164 valence electrons. The fourth-order valence-electron chi connectivity index (χ4n) is 4.60. The molecule has 3 N–H and O–H groups in total. The number of benzene rings is 2. The minimum atomic E-state index is -0.697. The molecular formula is C24H29ClN4O2. The first-order valence-corrected chi connectivity index (χ1v) is 11.1. The zero-order chi connectivity index (χ0) is 22.0. The number of nitrogens with zero attached hydrogens (tertiary/aromatic N) is 2. The maximum Gasteiger partial charge on any atom is 0.317 e. The molecule has 1 aliphatic heterocycles. The first-order valence-electron chi connectivity index (χ1n) is 10.7. The van der Waals surface area contributed by atoms with Crippen molar-refractivity contribution in [1.82, 2.24) is 20.4 Å². The lowest BCUT2D eigenvalue weighted by Crippen LogP contribution is -2.47. The number of aliphatic hydroxyl groups excluding tert-OH is 1. The molecule has 1 aliphatic rings. The quantitative estimate of drug-likeness (QED) is 0.527. The number of halogens is 1. The van der Waals surface area contributed by atoms with Crippen LogP contribution in [-0.4, -0.2) is 39.3 Å². The van der Waals surface area contributed by atoms with E-state index in [2.05, 4.69) is 29.4 Å². The summed E-state index contributed by atoms with van der Waals surface area (Å²) < 4.78 is 0. The average molecular weight is 441 g/mol. The van der Waals surface area contributed by atoms with Crippen molar-refractivity contribution in [2.75, 3.05) is 13.1 Å². The second-order valence-corrected chi connectivity index (χ2v) is 9.40. The fourth-order valence-corrected chi connectivity index (χ4v) is 4.83. The zero-order valence-corrected chi connectivity index (χ0v) is 18.7. The number of aliphatic hydroxyl groups is 1. The van der Waals surface area contributed by atoms with E-state index in [0.29, 0.717) is 24.7 Å². The number of urea groups is 1. The van der Waals surface area contributed by atoms with Gasteiger partial charge in [-0.05, 0) is 41.9 Å². The minimum Gasteiger partial charge on any atom is -0.388 e. The van der Waals surface area contributed by atoms with E-state index in [1.165, 1.54) is 0 Å². The van der Waals surface area contributed by atoms with Gasteiger partial charge in [-0.15, -0.1) is 0 Å². The van der Waals surface area contributed by atoms with E-state index >= 15 is 0 Å². The van der Waals surface area contributed by atoms with Crippen LogP contribution in [0.4, 0.5) is 4.79 Å². The van der Waals surface area contributed by atoms with Crippen LogP contribution in [0.3, 0.4) is 0 Å². The molecule has 0 bridgehead atoms. The molecule has 31 heavy (non-hydrogen) atoms. The third-order valence-corrected chi connectivity index (χ3v) is 6.88. The van der Waals surface area contributed by atoms with Crippen LogP contribution in [0, 0.1) is 11.3 Å². The van der Waals surface area contributed by atoms with Crippen molar-refractivity contribution in [3.05, 3.63) is 64.8 Å². The molecule has 2 aromatic carbocycles. The highest BCUT2D eigenvalue weighted by Gasteiger charge is 2.40. The van der Waals surface area contributed by atoms with Gasteiger partial charge in [0.1, 0.15) is 0 Å². The van der Waals surface area contributed by atoms with Crippen molar-refractivity contribution < 1.29 is 9.90 Å². The van der Waals surface area contributed by atoms with Crippen LogP contribution in [0.15, 0.2) is 48.7 Å². The van der Waals surface area contributed by atoms with Gasteiger partial charge in [0.05, 0.1) is 17.8 Å². The maximum absolute atomic E-state index is 12.6. The third-order valence-electron chi connectivity index (χ3n) is 6.66. The summed E-state index contributed by atoms with van der Waals surface area (Å²) in [5.41, 5.74) is 2.30. The fraction of sp³-hybridized carbons (Fsp3) is 0.417. The predicted octanol–water partition coefficient (Wildman–Crippen LogP) is 4.90. The molecule has 0 aliphatic carbocycles. The summed E-state index contributed by atoms with van der Waals surface area (Å²) in [7, 11) is 0. The summed E-state index contributed by atoms with van der Waals surface area (Å²) in [6, 6.07) is 13.5. The number of amides is 2. The van der Waals surface area contributed by atoms with Gasteiger partial charge in [-0.3, -0.25) is 5.10 Å². The van der Waals surface area contributed by atoms with Crippen LogP contribution >= 0.6 is 11.6 Å². The van der Waals surface area contributed by atoms with Crippen molar-refractivity contribution >= 4 is 28.5 Å². The lowest BCUT2D eigenvalue weighted by molar-refractivity contribution is -0.0143. The van der Waals surface area contributed by atoms with E-state index in [9.17, 15) is 9.90 Å². The first kappa shape index (κ1) is 21.7. The highest BCUT2D eigenvalue weighted by Crippen LogP contribution is 2.46. The van der Waals surface area contributed by atoms with Crippen LogP contribution in [0.25, 0.3) is 10.9 Å². The molecular weight excluding hydrogens is 412 g/mol. The summed E-state index contributed by atoms with van der Waals surface area (Å²) >= 11 is 6.28. The number of carbonyl (C=O) groups is 1. The van der Waals surface area contributed by atoms with Gasteiger partial charge in [-0.1, -0.05) is 55.8 Å². The predicted molar refractivity (Wildman–Crippen MR) is 123 cm³/mol. The van der Waals surface area contributed by atoms with E-state index < -0.39 is 6.10 Å². The maximum atomic E-state index is 12.6. The highest BCUT2D eigenvalue weighted by atomic mass is 35.5. The number of hydrogen-bond acceptors (Lipinski definition) is 3. The number of carbonyl (C=O) groups excluding carboxylic acids is 1. The topological polar surface area (TPSA) is 81.2 Å². The standard InChI is InChI=1S/C24H29ClN4O2/c1-24(2,22(30)20-13-19(25)12-17-15-27-28-21(17)20)18-8-10-29(11-9-18)23(31)26-14-16-6-4-3-5-7-16/h3-7,12-13,15,18,22,30H,8-11,14H2,1-2H3,(H,26,31)(H,27,28). The summed E-state index contributed by atoms with van der Waals surface area (Å²) in [5.74, 6) is 0.276. The Balaban J connectivity index is 1.39. The molecule has 1 atom stereocenters. The lowest BCUT2D eigenvalue weighted by Gasteiger charge is -2.43. The molecule has 2 heterocycles. The lowest BCUT2D eigenvalue weighted by atomic mass is 9.68. The minimum absolute atomic E-state index is 0.0327. The average Bonchev–Trinajstić information content (AvgIpc) is 3.25. The third kappa shape index (κ3) is 4.55. The van der Waals surface area contributed by atoms with Gasteiger partial charge in [0, 0.05) is 35.6 Å². The molecule has 7 heteroatoms. The molecule has 6 nitrogen and oxygen atoms in total. The Bertz CT molecular complexity index is 1040. The molecule has 0 spiro atoms. The van der Waals surface area contributed by atoms with E-state index in [-0.39, 0.29) is 17.4 Å². The van der Waals surface area contributed by atoms with Crippen molar-refractivity contribution in [2.24, 2.45) is 11.3 Å². The second kappa shape index (κ2) is 8.89. The Labute approximate surface area is 187 Å². The van der Waals surface area contributed by atoms with Crippen LogP contribution in [-0.2, 0) is 6.54 Å². The van der Waals surface area contributed by atoms with E-state index in [1.54, 1.807) is 6.20 Å². The Hall–Kier alpha value is -2.57. The van der Waals surface area contributed by atoms with Gasteiger partial charge >= 0.3 is 6.03 Å². The number of likely N-dealkylation sites (tertiary alicyclic amines) is 1. The number of aromatic nitrogens is 2. The van der Waals surface area contributed by atoms with E-state index in [0.717, 1.165) is 34.9 Å². The summed E-state index contributed by atoms with van der Waals surface area (Å²) in [6.45, 7) is 6.07. The number of rotatable bonds is 5. The van der Waals surface area contributed by atoms with Gasteiger partial charge in [-0.25, -0.2) is 4.79 Å². The number of H-pyrrole nitrogens is 1. The molecule has 1 aromatic heterocycles. The Kier molecular flexibility index (Phi) is 6.21. The van der Waals surface area contributed by atoms with Crippen LogP contribution in [0.2, 0.25) is 5.02 Å². The van der Waals surface area contributed by atoms with E-state index in [4.69, 9.17) is 11.6 Å². The largest absolute Gasteiger partial charge is 0.388 e. The Morgan fingerprint density at radius 3 is 2.71 bits per heavy atom. The smallest absolute Gasteiger partial charge is 0.317 e. The first-order chi connectivity index (χ1) is 14.9. The Morgan fingerprint density at radius 2 is 2.00 bits per heavy atom. The highest BCUT2D eigenvalue weighted by molar-refractivity contribution is 6.31. The zero-order valence-electron chi connectivity index (χ0n) is 17.9. The number of fused-ring (bicyclic) bond motifs is 1. The molecule has 1 unspecified atom stereocenters. The van der Waals surface area contributed by atoms with Crippen molar-refractivity contribution in [2.45, 2.75) is 39.3 Å². The molecule has 0 radical (unpaired) electrons. The van der Waals surface area contributed by atoms with Gasteiger partial charge in [0.25, 0.3) is 0 Å².